The van der Waals surface area contributed by atoms with Crippen molar-refractivity contribution in [2.45, 2.75) is 33.7 Å². The summed E-state index contributed by atoms with van der Waals surface area (Å²) in [4.78, 5) is 37.2. The number of rotatable bonds is 3. The molecule has 1 aromatic rings. The number of aliphatic carboxylic acids is 1. The molecule has 19 heavy (non-hydrogen) atoms. The van der Waals surface area contributed by atoms with Crippen molar-refractivity contribution in [2.24, 2.45) is 5.41 Å². The number of carbonyl (C=O) groups excluding carboxylic acids is 1. The van der Waals surface area contributed by atoms with Crippen LogP contribution in [0.15, 0.2) is 16.9 Å². The maximum absolute atomic E-state index is 11.9. The number of hydrogen-bond donors (Lipinski definition) is 3. The minimum absolute atomic E-state index is 0.0962. The Balaban J connectivity index is 3.01. The summed E-state index contributed by atoms with van der Waals surface area (Å²) in [7, 11) is 0. The number of H-pyrrole nitrogens is 1. The first-order valence-electron chi connectivity index (χ1n) is 5.86. The molecule has 0 saturated heterocycles. The maximum Gasteiger partial charge on any atom is 0.326 e. The van der Waals surface area contributed by atoms with Crippen LogP contribution in [0.5, 0.6) is 0 Å². The normalized spacial score (nSPS) is 12.8. The van der Waals surface area contributed by atoms with Crippen LogP contribution in [0.2, 0.25) is 0 Å². The van der Waals surface area contributed by atoms with Crippen LogP contribution in [0.3, 0.4) is 0 Å². The Labute approximate surface area is 110 Å². The second kappa shape index (κ2) is 5.26. The second-order valence-electron chi connectivity index (χ2n) is 5.49. The van der Waals surface area contributed by atoms with Gasteiger partial charge in [-0.1, -0.05) is 20.8 Å². The maximum atomic E-state index is 11.9. The fraction of sp³-hybridized carbons (Fsp3) is 0.462. The van der Waals surface area contributed by atoms with Crippen LogP contribution >= 0.6 is 0 Å². The van der Waals surface area contributed by atoms with Gasteiger partial charge < -0.3 is 15.4 Å². The van der Waals surface area contributed by atoms with Gasteiger partial charge in [0.1, 0.15) is 11.6 Å². The van der Waals surface area contributed by atoms with Crippen LogP contribution in [0.25, 0.3) is 0 Å². The van der Waals surface area contributed by atoms with E-state index in [0.29, 0.717) is 5.69 Å². The topological polar surface area (TPSA) is 99.3 Å². The average molecular weight is 266 g/mol. The molecule has 0 aliphatic heterocycles. The summed E-state index contributed by atoms with van der Waals surface area (Å²) in [5, 5.41) is 11.5. The summed E-state index contributed by atoms with van der Waals surface area (Å²) in [6.45, 7) is 6.79. The third-order valence-electron chi connectivity index (χ3n) is 2.69. The lowest BCUT2D eigenvalue weighted by molar-refractivity contribution is -0.142. The molecule has 0 spiro atoms. The molecule has 0 bridgehead atoms. The highest BCUT2D eigenvalue weighted by molar-refractivity contribution is 5.96. The standard InChI is InChI=1S/C13H18N2O4/c1-7-5-6-8(10(16)14-7)11(17)15-9(12(18)19)13(2,3)4/h5-6,9H,1-4H3,(H,14,16)(H,15,17)(H,18,19). The molecule has 0 saturated carbocycles. The van der Waals surface area contributed by atoms with E-state index in [1.807, 2.05) is 0 Å². The molecule has 1 unspecified atom stereocenters. The highest BCUT2D eigenvalue weighted by Crippen LogP contribution is 2.19. The molecule has 0 radical (unpaired) electrons. The van der Waals surface area contributed by atoms with Gasteiger partial charge in [-0.3, -0.25) is 9.59 Å². The summed E-state index contributed by atoms with van der Waals surface area (Å²) in [5.74, 6) is -1.83. The van der Waals surface area contributed by atoms with Crippen molar-refractivity contribution < 1.29 is 14.7 Å². The summed E-state index contributed by atoms with van der Waals surface area (Å²) in [6, 6.07) is 1.90. The first kappa shape index (κ1) is 14.9. The highest BCUT2D eigenvalue weighted by Gasteiger charge is 2.33. The second-order valence-corrected chi connectivity index (χ2v) is 5.49. The van der Waals surface area contributed by atoms with Gasteiger partial charge >= 0.3 is 5.97 Å². The molecule has 1 atom stereocenters. The van der Waals surface area contributed by atoms with Gasteiger partial charge in [-0.25, -0.2) is 4.79 Å². The van der Waals surface area contributed by atoms with Crippen LogP contribution in [0.1, 0.15) is 36.8 Å². The molecule has 0 aliphatic carbocycles. The van der Waals surface area contributed by atoms with Crippen LogP contribution in [0, 0.1) is 12.3 Å². The Hall–Kier alpha value is -2.11. The van der Waals surface area contributed by atoms with Crippen molar-refractivity contribution in [1.29, 1.82) is 0 Å². The molecule has 6 heteroatoms. The van der Waals surface area contributed by atoms with Gasteiger partial charge in [-0.15, -0.1) is 0 Å². The molecule has 1 heterocycles. The van der Waals surface area contributed by atoms with Gasteiger partial charge in [0.15, 0.2) is 0 Å². The molecule has 104 valence electrons. The molecule has 1 aromatic heterocycles. The van der Waals surface area contributed by atoms with Crippen molar-refractivity contribution in [3.8, 4) is 0 Å². The lowest BCUT2D eigenvalue weighted by Gasteiger charge is -2.27. The Bertz CT molecular complexity index is 554. The number of hydrogen-bond acceptors (Lipinski definition) is 3. The SMILES string of the molecule is Cc1ccc(C(=O)NC(C(=O)O)C(C)(C)C)c(=O)[nH]1. The fourth-order valence-corrected chi connectivity index (χ4v) is 1.61. The van der Waals surface area contributed by atoms with Crippen LogP contribution < -0.4 is 10.9 Å². The van der Waals surface area contributed by atoms with Crippen molar-refractivity contribution in [3.63, 3.8) is 0 Å². The predicted octanol–water partition coefficient (Wildman–Crippen LogP) is 0.912. The predicted molar refractivity (Wildman–Crippen MR) is 70.1 cm³/mol. The smallest absolute Gasteiger partial charge is 0.326 e. The van der Waals surface area contributed by atoms with Gasteiger partial charge in [0.25, 0.3) is 11.5 Å². The third kappa shape index (κ3) is 3.67. The zero-order valence-corrected chi connectivity index (χ0v) is 11.4. The number of aromatic amines is 1. The van der Waals surface area contributed by atoms with E-state index in [1.54, 1.807) is 33.8 Å². The van der Waals surface area contributed by atoms with E-state index >= 15 is 0 Å². The minimum atomic E-state index is -1.13. The number of amides is 1. The number of pyridine rings is 1. The van der Waals surface area contributed by atoms with Gasteiger partial charge in [-0.05, 0) is 24.5 Å². The van der Waals surface area contributed by atoms with Crippen LogP contribution in [0.4, 0.5) is 0 Å². The van der Waals surface area contributed by atoms with Crippen molar-refractivity contribution in [1.82, 2.24) is 10.3 Å². The highest BCUT2D eigenvalue weighted by atomic mass is 16.4. The number of carboxylic acids is 1. The Kier molecular flexibility index (Phi) is 4.14. The number of aryl methyl sites for hydroxylation is 1. The molecular weight excluding hydrogens is 248 g/mol. The molecule has 1 amide bonds. The first-order valence-corrected chi connectivity index (χ1v) is 5.86. The molecule has 0 aromatic carbocycles. The average Bonchev–Trinajstić information content (AvgIpc) is 2.23. The van der Waals surface area contributed by atoms with E-state index in [-0.39, 0.29) is 5.56 Å². The summed E-state index contributed by atoms with van der Waals surface area (Å²) >= 11 is 0. The van der Waals surface area contributed by atoms with E-state index in [1.165, 1.54) is 6.07 Å². The summed E-state index contributed by atoms with van der Waals surface area (Å²) in [6.07, 6.45) is 0. The molecule has 3 N–H and O–H groups in total. The minimum Gasteiger partial charge on any atom is -0.480 e. The third-order valence-corrected chi connectivity index (χ3v) is 2.69. The Morgan fingerprint density at radius 3 is 2.32 bits per heavy atom. The van der Waals surface area contributed by atoms with E-state index in [4.69, 9.17) is 5.11 Å². The van der Waals surface area contributed by atoms with Crippen molar-refractivity contribution >= 4 is 11.9 Å². The zero-order chi connectivity index (χ0) is 14.8. The van der Waals surface area contributed by atoms with E-state index < -0.39 is 28.9 Å². The Morgan fingerprint density at radius 2 is 1.89 bits per heavy atom. The largest absolute Gasteiger partial charge is 0.480 e. The number of aromatic nitrogens is 1. The van der Waals surface area contributed by atoms with Crippen LogP contribution in [-0.2, 0) is 4.79 Å². The molecular formula is C13H18N2O4. The van der Waals surface area contributed by atoms with Gasteiger partial charge in [0.05, 0.1) is 0 Å². The molecule has 0 fully saturated rings. The van der Waals surface area contributed by atoms with Crippen molar-refractivity contribution in [3.05, 3.63) is 33.7 Å². The molecule has 6 nitrogen and oxygen atoms in total. The van der Waals surface area contributed by atoms with Gasteiger partial charge in [0, 0.05) is 5.69 Å². The number of carboxylic acid groups (broad SMARTS) is 1. The summed E-state index contributed by atoms with van der Waals surface area (Å²) < 4.78 is 0. The van der Waals surface area contributed by atoms with E-state index in [2.05, 4.69) is 10.3 Å². The quantitative estimate of drug-likeness (QED) is 0.757. The molecule has 1 rings (SSSR count). The molecule has 0 aliphatic rings. The summed E-state index contributed by atoms with van der Waals surface area (Å²) in [5.41, 5.74) is -0.650. The van der Waals surface area contributed by atoms with E-state index in [9.17, 15) is 14.4 Å². The number of nitrogens with one attached hydrogen (secondary N) is 2. The lowest BCUT2D eigenvalue weighted by Crippen LogP contribution is -2.49. The fourth-order valence-electron chi connectivity index (χ4n) is 1.61. The van der Waals surface area contributed by atoms with Crippen LogP contribution in [-0.4, -0.2) is 28.0 Å². The van der Waals surface area contributed by atoms with E-state index in [0.717, 1.165) is 0 Å². The van der Waals surface area contributed by atoms with Gasteiger partial charge in [0.2, 0.25) is 0 Å². The monoisotopic (exact) mass is 266 g/mol. The Morgan fingerprint density at radius 1 is 1.32 bits per heavy atom. The first-order chi connectivity index (χ1) is 8.62. The zero-order valence-electron chi connectivity index (χ0n) is 11.4. The van der Waals surface area contributed by atoms with Crippen molar-refractivity contribution in [2.75, 3.05) is 0 Å². The lowest BCUT2D eigenvalue weighted by atomic mass is 9.86. The van der Waals surface area contributed by atoms with Gasteiger partial charge in [-0.2, -0.15) is 0 Å². The number of carbonyl (C=O) groups is 2.